The smallest absolute Gasteiger partial charge is 0.209 e. The normalized spacial score (nSPS) is 20.8. The standard InChI is InChI=1S/C24H30ClNO/c1-4-5-8-16-26-21-13-7-6-12-20(21)24(2,3)22(26)15-14-18-10-9-11-19(17-27)23(18)25/h6-7,12-15,17H,4-5,8-11,16H2,1-3H3/p+1. The van der Waals surface area contributed by atoms with E-state index in [0.717, 1.165) is 43.2 Å². The summed E-state index contributed by atoms with van der Waals surface area (Å²) in [5.74, 6) is 0. The lowest BCUT2D eigenvalue weighted by Gasteiger charge is -2.17. The Morgan fingerprint density at radius 3 is 2.67 bits per heavy atom. The summed E-state index contributed by atoms with van der Waals surface area (Å²) in [6, 6.07) is 8.76. The molecule has 0 saturated heterocycles. The van der Waals surface area contributed by atoms with Crippen LogP contribution in [0.3, 0.4) is 0 Å². The van der Waals surface area contributed by atoms with Gasteiger partial charge in [0.1, 0.15) is 6.54 Å². The summed E-state index contributed by atoms with van der Waals surface area (Å²) in [7, 11) is 0. The predicted molar refractivity (Wildman–Crippen MR) is 115 cm³/mol. The average molecular weight is 385 g/mol. The molecule has 1 heterocycles. The predicted octanol–water partition coefficient (Wildman–Crippen LogP) is 6.93. The Morgan fingerprint density at radius 2 is 1.93 bits per heavy atom. The van der Waals surface area contributed by atoms with E-state index in [2.05, 4.69) is 61.8 Å². The summed E-state index contributed by atoms with van der Waals surface area (Å²) in [6.07, 6.45) is 12.1. The molecule has 0 fully saturated rings. The fourth-order valence-corrected chi connectivity index (χ4v) is 4.55. The molecule has 0 radical (unpaired) electrons. The van der Waals surface area contributed by atoms with Gasteiger partial charge in [-0.05, 0) is 45.1 Å². The van der Waals surface area contributed by atoms with Gasteiger partial charge in [0.15, 0.2) is 5.71 Å². The maximum absolute atomic E-state index is 9.40. The van der Waals surface area contributed by atoms with E-state index in [9.17, 15) is 5.11 Å². The summed E-state index contributed by atoms with van der Waals surface area (Å²) < 4.78 is 2.49. The number of allylic oxidation sites excluding steroid dienone is 5. The van der Waals surface area contributed by atoms with Crippen LogP contribution in [0.5, 0.6) is 0 Å². The van der Waals surface area contributed by atoms with Crippen molar-refractivity contribution in [3.05, 3.63) is 64.4 Å². The summed E-state index contributed by atoms with van der Waals surface area (Å²) in [5.41, 5.74) is 5.99. The zero-order valence-electron chi connectivity index (χ0n) is 16.8. The molecule has 2 aliphatic rings. The molecule has 1 N–H and O–H groups in total. The lowest BCUT2D eigenvalue weighted by Crippen LogP contribution is -2.28. The second-order valence-corrected chi connectivity index (χ2v) is 8.44. The molecule has 0 spiro atoms. The van der Waals surface area contributed by atoms with Crippen molar-refractivity contribution in [3.63, 3.8) is 0 Å². The highest BCUT2D eigenvalue weighted by atomic mass is 35.5. The maximum Gasteiger partial charge on any atom is 0.209 e. The minimum Gasteiger partial charge on any atom is -0.515 e. The number of aliphatic hydroxyl groups is 1. The molecular weight excluding hydrogens is 354 g/mol. The first-order valence-corrected chi connectivity index (χ1v) is 10.5. The Balaban J connectivity index is 2.01. The third kappa shape index (κ3) is 3.91. The van der Waals surface area contributed by atoms with Crippen LogP contribution in [-0.4, -0.2) is 21.9 Å². The van der Waals surface area contributed by atoms with Crippen LogP contribution < -0.4 is 0 Å². The van der Waals surface area contributed by atoms with E-state index in [1.165, 1.54) is 36.2 Å². The van der Waals surface area contributed by atoms with Crippen molar-refractivity contribution in [2.24, 2.45) is 0 Å². The van der Waals surface area contributed by atoms with Crippen LogP contribution in [0, 0.1) is 0 Å². The van der Waals surface area contributed by atoms with Crippen LogP contribution in [0.2, 0.25) is 0 Å². The second kappa shape index (κ2) is 8.48. The molecule has 3 rings (SSSR count). The van der Waals surface area contributed by atoms with E-state index in [4.69, 9.17) is 11.6 Å². The van der Waals surface area contributed by atoms with Gasteiger partial charge in [-0.1, -0.05) is 49.2 Å². The lowest BCUT2D eigenvalue weighted by atomic mass is 9.81. The van der Waals surface area contributed by atoms with Gasteiger partial charge in [0.25, 0.3) is 0 Å². The second-order valence-electron chi connectivity index (χ2n) is 8.07. The summed E-state index contributed by atoms with van der Waals surface area (Å²) in [4.78, 5) is 0. The molecule has 1 aromatic carbocycles. The summed E-state index contributed by atoms with van der Waals surface area (Å²) in [6.45, 7) is 7.90. The molecule has 0 amide bonds. The van der Waals surface area contributed by atoms with E-state index in [1.807, 2.05) is 0 Å². The molecule has 0 unspecified atom stereocenters. The zero-order valence-corrected chi connectivity index (χ0v) is 17.5. The first-order chi connectivity index (χ1) is 13.0. The number of aliphatic hydroxyl groups excluding tert-OH is 1. The van der Waals surface area contributed by atoms with Crippen molar-refractivity contribution in [1.29, 1.82) is 0 Å². The molecule has 2 nitrogen and oxygen atoms in total. The molecular formula is C24H31ClNO+. The number of nitrogens with zero attached hydrogens (tertiary/aromatic N) is 1. The van der Waals surface area contributed by atoms with E-state index >= 15 is 0 Å². The van der Waals surface area contributed by atoms with Crippen molar-refractivity contribution in [2.75, 3.05) is 6.54 Å². The SMILES string of the molecule is CCCCC[N+]1=C(/C=C/C2=C(Cl)C(=C/O)/CCC2)C(C)(C)c2ccccc21. The van der Waals surface area contributed by atoms with Crippen molar-refractivity contribution in [3.8, 4) is 0 Å². The molecule has 0 bridgehead atoms. The van der Waals surface area contributed by atoms with Crippen LogP contribution >= 0.6 is 11.6 Å². The first-order valence-electron chi connectivity index (χ1n) is 10.2. The molecule has 1 aliphatic heterocycles. The van der Waals surface area contributed by atoms with Crippen LogP contribution in [-0.2, 0) is 5.41 Å². The highest BCUT2D eigenvalue weighted by molar-refractivity contribution is 6.32. The quantitative estimate of drug-likeness (QED) is 0.321. The lowest BCUT2D eigenvalue weighted by molar-refractivity contribution is -0.438. The third-order valence-electron chi connectivity index (χ3n) is 5.84. The number of para-hydroxylation sites is 1. The maximum atomic E-state index is 9.40. The van der Waals surface area contributed by atoms with Gasteiger partial charge in [-0.3, -0.25) is 0 Å². The number of benzene rings is 1. The van der Waals surface area contributed by atoms with Crippen LogP contribution in [0.25, 0.3) is 0 Å². The van der Waals surface area contributed by atoms with Crippen LogP contribution in [0.4, 0.5) is 5.69 Å². The van der Waals surface area contributed by atoms with Crippen molar-refractivity contribution in [1.82, 2.24) is 0 Å². The van der Waals surface area contributed by atoms with Crippen molar-refractivity contribution >= 4 is 23.0 Å². The fourth-order valence-electron chi connectivity index (χ4n) is 4.25. The van der Waals surface area contributed by atoms with Crippen LogP contribution in [0.15, 0.2) is 58.9 Å². The third-order valence-corrected chi connectivity index (χ3v) is 6.32. The first kappa shape index (κ1) is 19.9. The zero-order chi connectivity index (χ0) is 19.4. The molecule has 27 heavy (non-hydrogen) atoms. The number of unbranched alkanes of at least 4 members (excludes halogenated alkanes) is 2. The summed E-state index contributed by atoms with van der Waals surface area (Å²) >= 11 is 6.51. The monoisotopic (exact) mass is 384 g/mol. The molecule has 1 aliphatic carbocycles. The van der Waals surface area contributed by atoms with Crippen LogP contribution in [0.1, 0.15) is 64.9 Å². The highest BCUT2D eigenvalue weighted by Crippen LogP contribution is 2.40. The number of halogens is 1. The van der Waals surface area contributed by atoms with E-state index in [1.54, 1.807) is 0 Å². The van der Waals surface area contributed by atoms with Gasteiger partial charge < -0.3 is 5.11 Å². The molecule has 1 aromatic rings. The Bertz CT molecular complexity index is 827. The van der Waals surface area contributed by atoms with Gasteiger partial charge >= 0.3 is 0 Å². The molecule has 0 aromatic heterocycles. The van der Waals surface area contributed by atoms with Crippen molar-refractivity contribution < 1.29 is 9.68 Å². The van der Waals surface area contributed by atoms with Gasteiger partial charge in [-0.15, -0.1) is 0 Å². The van der Waals surface area contributed by atoms with E-state index in [-0.39, 0.29) is 5.41 Å². The van der Waals surface area contributed by atoms with Gasteiger partial charge in [0.2, 0.25) is 5.69 Å². The minimum absolute atomic E-state index is 0.0311. The Morgan fingerprint density at radius 1 is 1.15 bits per heavy atom. The van der Waals surface area contributed by atoms with E-state index < -0.39 is 0 Å². The molecule has 0 atom stereocenters. The number of fused-ring (bicyclic) bond motifs is 1. The van der Waals surface area contributed by atoms with Gasteiger partial charge in [-0.25, -0.2) is 0 Å². The topological polar surface area (TPSA) is 23.2 Å². The van der Waals surface area contributed by atoms with Gasteiger partial charge in [0, 0.05) is 29.7 Å². The van der Waals surface area contributed by atoms with Crippen molar-refractivity contribution in [2.45, 2.75) is 64.7 Å². The van der Waals surface area contributed by atoms with Gasteiger partial charge in [0.05, 0.1) is 16.7 Å². The fraction of sp³-hybridized carbons (Fsp3) is 0.458. The Labute approximate surface area is 168 Å². The largest absolute Gasteiger partial charge is 0.515 e. The Hall–Kier alpha value is -1.80. The molecule has 144 valence electrons. The number of hydrogen-bond acceptors (Lipinski definition) is 1. The average Bonchev–Trinajstić information content (AvgIpc) is 2.88. The van der Waals surface area contributed by atoms with Gasteiger partial charge in [-0.2, -0.15) is 4.58 Å². The van der Waals surface area contributed by atoms with E-state index in [0.29, 0.717) is 5.03 Å². The molecule has 0 saturated carbocycles. The minimum atomic E-state index is -0.0311. The highest BCUT2D eigenvalue weighted by Gasteiger charge is 2.43. The molecule has 3 heteroatoms. The number of hydrogen-bond donors (Lipinski definition) is 1. The Kier molecular flexibility index (Phi) is 6.26. The number of rotatable bonds is 6. The summed E-state index contributed by atoms with van der Waals surface area (Å²) in [5, 5.41) is 10.1.